The molecule has 0 aliphatic heterocycles. The molecule has 1 aliphatic carbocycles. The van der Waals surface area contributed by atoms with Crippen LogP contribution in [0.25, 0.3) is 10.6 Å². The van der Waals surface area contributed by atoms with Gasteiger partial charge in [0.1, 0.15) is 0 Å². The van der Waals surface area contributed by atoms with E-state index < -0.39 is 18.1 Å². The Morgan fingerprint density at radius 3 is 2.77 bits per heavy atom. The first kappa shape index (κ1) is 23.2. The van der Waals surface area contributed by atoms with E-state index in [-0.39, 0.29) is 30.0 Å². The van der Waals surface area contributed by atoms with Gasteiger partial charge in [0.2, 0.25) is 5.91 Å². The standard InChI is InChI=1S/C22H29N3O5S/c1-4-16(5-2)29-19-10-14(22(27)28)9-17(21(19)24-13(3)26)23-12-15-11-18(30-25-15)20-7-6-8-31-20/h6-8,10-11,16-17,19,21,23H,4-5,9,12H2,1-3H3,(H,24,26)(H,27,28)/t17-,19+,21+/m0/s1. The third kappa shape index (κ3) is 6.03. The van der Waals surface area contributed by atoms with Crippen LogP contribution in [-0.4, -0.2) is 46.4 Å². The fourth-order valence-corrected chi connectivity index (χ4v) is 4.40. The van der Waals surface area contributed by atoms with Gasteiger partial charge in [-0.2, -0.15) is 0 Å². The zero-order chi connectivity index (χ0) is 22.4. The highest BCUT2D eigenvalue weighted by Crippen LogP contribution is 2.27. The van der Waals surface area contributed by atoms with Gasteiger partial charge in [0.15, 0.2) is 5.76 Å². The molecule has 0 saturated carbocycles. The maximum Gasteiger partial charge on any atom is 0.331 e. The van der Waals surface area contributed by atoms with Crippen LogP contribution < -0.4 is 10.6 Å². The molecule has 1 amide bonds. The summed E-state index contributed by atoms with van der Waals surface area (Å²) in [5.41, 5.74) is 0.975. The Hall–Kier alpha value is -2.49. The molecular weight excluding hydrogens is 418 g/mol. The van der Waals surface area contributed by atoms with Gasteiger partial charge >= 0.3 is 5.97 Å². The molecule has 9 heteroatoms. The van der Waals surface area contributed by atoms with Crippen molar-refractivity contribution in [2.24, 2.45) is 0 Å². The Morgan fingerprint density at radius 1 is 1.39 bits per heavy atom. The van der Waals surface area contributed by atoms with Gasteiger partial charge in [-0.25, -0.2) is 4.79 Å². The van der Waals surface area contributed by atoms with E-state index in [9.17, 15) is 14.7 Å². The molecule has 0 fully saturated rings. The molecule has 0 spiro atoms. The summed E-state index contributed by atoms with van der Waals surface area (Å²) in [6.07, 6.45) is 2.95. The molecule has 0 bridgehead atoms. The molecule has 3 rings (SSSR count). The van der Waals surface area contributed by atoms with Gasteiger partial charge < -0.3 is 25.0 Å². The average molecular weight is 448 g/mol. The third-order valence-corrected chi connectivity index (χ3v) is 6.25. The molecule has 31 heavy (non-hydrogen) atoms. The van der Waals surface area contributed by atoms with Gasteiger partial charge in [0.25, 0.3) is 0 Å². The number of carboxylic acids is 1. The number of carbonyl (C=O) groups is 2. The molecule has 1 aliphatic rings. The summed E-state index contributed by atoms with van der Waals surface area (Å²) in [7, 11) is 0. The van der Waals surface area contributed by atoms with Crippen LogP contribution in [0.5, 0.6) is 0 Å². The summed E-state index contributed by atoms with van der Waals surface area (Å²) in [4.78, 5) is 24.6. The number of hydrogen-bond donors (Lipinski definition) is 3. The number of hydrogen-bond acceptors (Lipinski definition) is 7. The SMILES string of the molecule is CCC(CC)O[C@@H]1C=C(C(=O)O)C[C@H](NCc2cc(-c3cccs3)on2)[C@H]1NC(C)=O. The minimum absolute atomic E-state index is 0.0183. The van der Waals surface area contributed by atoms with Crippen molar-refractivity contribution in [3.63, 3.8) is 0 Å². The minimum Gasteiger partial charge on any atom is -0.478 e. The summed E-state index contributed by atoms with van der Waals surface area (Å²) < 4.78 is 11.6. The predicted octanol–water partition coefficient (Wildman–Crippen LogP) is 3.35. The Morgan fingerprint density at radius 2 is 2.16 bits per heavy atom. The van der Waals surface area contributed by atoms with Gasteiger partial charge in [-0.15, -0.1) is 11.3 Å². The molecule has 2 aromatic rings. The number of nitrogens with zero attached hydrogens (tertiary/aromatic N) is 1. The molecule has 168 valence electrons. The van der Waals surface area contributed by atoms with Crippen LogP contribution in [0.2, 0.25) is 0 Å². The van der Waals surface area contributed by atoms with Crippen LogP contribution in [0.15, 0.2) is 39.8 Å². The van der Waals surface area contributed by atoms with E-state index in [0.29, 0.717) is 18.0 Å². The lowest BCUT2D eigenvalue weighted by molar-refractivity contribution is -0.133. The lowest BCUT2D eigenvalue weighted by Crippen LogP contribution is -2.58. The van der Waals surface area contributed by atoms with Gasteiger partial charge in [-0.3, -0.25) is 4.79 Å². The highest BCUT2D eigenvalue weighted by Gasteiger charge is 2.37. The van der Waals surface area contributed by atoms with Crippen molar-refractivity contribution in [2.45, 2.75) is 70.9 Å². The normalized spacial score (nSPS) is 21.2. The Labute approximate surface area is 185 Å². The summed E-state index contributed by atoms with van der Waals surface area (Å²) >= 11 is 1.57. The lowest BCUT2D eigenvalue weighted by atomic mass is 9.87. The van der Waals surface area contributed by atoms with Crippen molar-refractivity contribution in [3.05, 3.63) is 40.9 Å². The predicted molar refractivity (Wildman–Crippen MR) is 118 cm³/mol. The smallest absolute Gasteiger partial charge is 0.331 e. The largest absolute Gasteiger partial charge is 0.478 e. The summed E-state index contributed by atoms with van der Waals surface area (Å²) in [5, 5.41) is 22.0. The Kier molecular flexibility index (Phi) is 8.00. The van der Waals surface area contributed by atoms with E-state index in [1.54, 1.807) is 17.4 Å². The van der Waals surface area contributed by atoms with E-state index in [1.165, 1.54) is 6.92 Å². The number of rotatable bonds is 10. The second-order valence-electron chi connectivity index (χ2n) is 7.61. The van der Waals surface area contributed by atoms with E-state index in [0.717, 1.165) is 17.7 Å². The fraction of sp³-hybridized carbons (Fsp3) is 0.500. The Balaban J connectivity index is 1.77. The number of thiophene rings is 1. The maximum absolute atomic E-state index is 11.9. The molecular formula is C22H29N3O5S. The second kappa shape index (κ2) is 10.7. The number of carboxylic acid groups (broad SMARTS) is 1. The quantitative estimate of drug-likeness (QED) is 0.512. The van der Waals surface area contributed by atoms with Crippen molar-refractivity contribution in [2.75, 3.05) is 0 Å². The highest BCUT2D eigenvalue weighted by molar-refractivity contribution is 7.13. The molecule has 3 N–H and O–H groups in total. The number of nitrogens with one attached hydrogen (secondary N) is 2. The summed E-state index contributed by atoms with van der Waals surface area (Å²) in [6.45, 7) is 5.88. The first-order valence-corrected chi connectivity index (χ1v) is 11.4. The zero-order valence-corrected chi connectivity index (χ0v) is 18.8. The van der Waals surface area contributed by atoms with Crippen molar-refractivity contribution in [1.82, 2.24) is 15.8 Å². The van der Waals surface area contributed by atoms with Gasteiger partial charge in [-0.1, -0.05) is 25.1 Å². The van der Waals surface area contributed by atoms with E-state index >= 15 is 0 Å². The zero-order valence-electron chi connectivity index (χ0n) is 18.0. The molecule has 0 saturated heterocycles. The van der Waals surface area contributed by atoms with Crippen molar-refractivity contribution in [3.8, 4) is 10.6 Å². The highest BCUT2D eigenvalue weighted by atomic mass is 32.1. The van der Waals surface area contributed by atoms with E-state index in [4.69, 9.17) is 9.26 Å². The molecule has 2 heterocycles. The maximum atomic E-state index is 11.9. The number of ether oxygens (including phenoxy) is 1. The molecule has 0 aromatic carbocycles. The molecule has 2 aromatic heterocycles. The monoisotopic (exact) mass is 447 g/mol. The van der Waals surface area contributed by atoms with Crippen LogP contribution in [0, 0.1) is 0 Å². The fourth-order valence-electron chi connectivity index (χ4n) is 3.73. The van der Waals surface area contributed by atoms with Crippen LogP contribution in [0.3, 0.4) is 0 Å². The van der Waals surface area contributed by atoms with Gasteiger partial charge in [0.05, 0.1) is 28.8 Å². The number of aliphatic carboxylic acids is 1. The Bertz CT molecular complexity index is 904. The second-order valence-corrected chi connectivity index (χ2v) is 8.56. The first-order valence-electron chi connectivity index (χ1n) is 10.5. The van der Waals surface area contributed by atoms with Crippen LogP contribution in [0.4, 0.5) is 0 Å². The van der Waals surface area contributed by atoms with E-state index in [1.807, 2.05) is 37.4 Å². The average Bonchev–Trinajstić information content (AvgIpc) is 3.43. The van der Waals surface area contributed by atoms with Gasteiger partial charge in [0, 0.05) is 31.1 Å². The summed E-state index contributed by atoms with van der Waals surface area (Å²) in [6, 6.07) is 5.03. The number of aromatic nitrogens is 1. The minimum atomic E-state index is -0.979. The lowest BCUT2D eigenvalue weighted by Gasteiger charge is -2.38. The first-order chi connectivity index (χ1) is 14.9. The molecule has 0 unspecified atom stereocenters. The van der Waals surface area contributed by atoms with Crippen molar-refractivity contribution < 1.29 is 24.0 Å². The molecule has 0 radical (unpaired) electrons. The van der Waals surface area contributed by atoms with Crippen LogP contribution in [-0.2, 0) is 20.9 Å². The summed E-state index contributed by atoms with van der Waals surface area (Å²) in [5.74, 6) is -0.480. The topological polar surface area (TPSA) is 114 Å². The number of carbonyl (C=O) groups excluding carboxylic acids is 1. The molecule has 8 nitrogen and oxygen atoms in total. The number of amides is 1. The molecule has 3 atom stereocenters. The van der Waals surface area contributed by atoms with Crippen LogP contribution in [0.1, 0.15) is 45.7 Å². The van der Waals surface area contributed by atoms with Crippen LogP contribution >= 0.6 is 11.3 Å². The van der Waals surface area contributed by atoms with Crippen molar-refractivity contribution in [1.29, 1.82) is 0 Å². The third-order valence-electron chi connectivity index (χ3n) is 5.37. The van der Waals surface area contributed by atoms with Crippen molar-refractivity contribution >= 4 is 23.2 Å². The van der Waals surface area contributed by atoms with Gasteiger partial charge in [-0.05, 0) is 36.8 Å². The van der Waals surface area contributed by atoms with E-state index in [2.05, 4.69) is 15.8 Å².